The fourth-order valence-electron chi connectivity index (χ4n) is 2.91. The van der Waals surface area contributed by atoms with Crippen LogP contribution >= 0.6 is 0 Å². The number of H-pyrrole nitrogens is 1. The number of imidazole rings is 1. The number of aromatic amines is 1. The molecule has 0 unspecified atom stereocenters. The third-order valence-corrected chi connectivity index (χ3v) is 4.19. The van der Waals surface area contributed by atoms with E-state index in [4.69, 9.17) is 0 Å². The van der Waals surface area contributed by atoms with E-state index in [1.165, 1.54) is 32.1 Å². The maximum Gasteiger partial charge on any atom is 0.223 e. The Morgan fingerprint density at radius 2 is 2.21 bits per heavy atom. The molecule has 2 N–H and O–H groups in total. The Morgan fingerprint density at radius 3 is 2.84 bits per heavy atom. The Bertz CT molecular complexity index is 367. The molecule has 1 aromatic rings. The number of rotatable bonds is 6. The van der Waals surface area contributed by atoms with Crippen molar-refractivity contribution in [2.24, 2.45) is 11.8 Å². The van der Waals surface area contributed by atoms with E-state index in [0.29, 0.717) is 6.54 Å². The SMILES string of the molecule is CCCCC1CCC(C(=O)NCc2cnc[nH]2)CC1. The average Bonchev–Trinajstić information content (AvgIpc) is 2.96. The highest BCUT2D eigenvalue weighted by Crippen LogP contribution is 2.31. The van der Waals surface area contributed by atoms with E-state index in [9.17, 15) is 4.79 Å². The van der Waals surface area contributed by atoms with Crippen LogP contribution in [0.25, 0.3) is 0 Å². The number of amides is 1. The zero-order valence-corrected chi connectivity index (χ0v) is 11.8. The molecule has 1 fully saturated rings. The Hall–Kier alpha value is -1.32. The number of hydrogen-bond donors (Lipinski definition) is 2. The standard InChI is InChI=1S/C15H25N3O/c1-2-3-4-12-5-7-13(8-6-12)15(19)17-10-14-9-16-11-18-14/h9,11-13H,2-8,10H2,1H3,(H,16,18)(H,17,19). The van der Waals surface area contributed by atoms with E-state index in [1.807, 2.05) is 0 Å². The molecule has 0 aromatic carbocycles. The Morgan fingerprint density at radius 1 is 1.42 bits per heavy atom. The summed E-state index contributed by atoms with van der Waals surface area (Å²) in [4.78, 5) is 19.0. The molecule has 0 bridgehead atoms. The lowest BCUT2D eigenvalue weighted by Gasteiger charge is -2.27. The van der Waals surface area contributed by atoms with Gasteiger partial charge in [-0.3, -0.25) is 4.79 Å². The summed E-state index contributed by atoms with van der Waals surface area (Å²) >= 11 is 0. The second-order valence-electron chi connectivity index (χ2n) is 5.65. The van der Waals surface area contributed by atoms with Gasteiger partial charge in [0, 0.05) is 12.1 Å². The van der Waals surface area contributed by atoms with Crippen molar-refractivity contribution in [1.29, 1.82) is 0 Å². The van der Waals surface area contributed by atoms with Gasteiger partial charge in [0.1, 0.15) is 0 Å². The van der Waals surface area contributed by atoms with Gasteiger partial charge in [-0.1, -0.05) is 26.2 Å². The van der Waals surface area contributed by atoms with Gasteiger partial charge in [0.15, 0.2) is 0 Å². The quantitative estimate of drug-likeness (QED) is 0.829. The summed E-state index contributed by atoms with van der Waals surface area (Å²) in [5.74, 6) is 1.29. The van der Waals surface area contributed by atoms with Crippen LogP contribution in [0.3, 0.4) is 0 Å². The van der Waals surface area contributed by atoms with Gasteiger partial charge in [-0.25, -0.2) is 4.98 Å². The number of carbonyl (C=O) groups is 1. The van der Waals surface area contributed by atoms with E-state index in [2.05, 4.69) is 22.2 Å². The van der Waals surface area contributed by atoms with Crippen LogP contribution in [0.5, 0.6) is 0 Å². The normalized spacial score (nSPS) is 23.2. The van der Waals surface area contributed by atoms with Gasteiger partial charge in [0.25, 0.3) is 0 Å². The number of unbranched alkanes of at least 4 members (excludes halogenated alkanes) is 1. The number of aromatic nitrogens is 2. The minimum Gasteiger partial charge on any atom is -0.350 e. The lowest BCUT2D eigenvalue weighted by atomic mass is 9.79. The molecule has 1 saturated carbocycles. The molecule has 4 nitrogen and oxygen atoms in total. The van der Waals surface area contributed by atoms with Gasteiger partial charge in [-0.2, -0.15) is 0 Å². The minimum atomic E-state index is 0.212. The molecule has 0 aliphatic heterocycles. The molecular formula is C15H25N3O. The van der Waals surface area contributed by atoms with E-state index < -0.39 is 0 Å². The van der Waals surface area contributed by atoms with E-state index >= 15 is 0 Å². The zero-order valence-electron chi connectivity index (χ0n) is 11.8. The van der Waals surface area contributed by atoms with E-state index in [1.54, 1.807) is 12.5 Å². The number of nitrogens with one attached hydrogen (secondary N) is 2. The fourth-order valence-corrected chi connectivity index (χ4v) is 2.91. The molecule has 106 valence electrons. The Labute approximate surface area is 115 Å². The zero-order chi connectivity index (χ0) is 13.5. The van der Waals surface area contributed by atoms with Gasteiger partial charge in [-0.05, 0) is 31.6 Å². The summed E-state index contributed by atoms with van der Waals surface area (Å²) in [7, 11) is 0. The first kappa shape index (κ1) is 14.1. The van der Waals surface area contributed by atoms with Crippen LogP contribution in [0.15, 0.2) is 12.5 Å². The van der Waals surface area contributed by atoms with E-state index in [0.717, 1.165) is 24.5 Å². The predicted molar refractivity (Wildman–Crippen MR) is 75.4 cm³/mol. The molecule has 1 heterocycles. The van der Waals surface area contributed by atoms with Crippen LogP contribution in [0, 0.1) is 11.8 Å². The molecule has 2 rings (SSSR count). The topological polar surface area (TPSA) is 57.8 Å². The molecule has 1 aliphatic carbocycles. The highest BCUT2D eigenvalue weighted by molar-refractivity contribution is 5.78. The van der Waals surface area contributed by atoms with Crippen LogP contribution in [0.4, 0.5) is 0 Å². The molecule has 4 heteroatoms. The molecule has 19 heavy (non-hydrogen) atoms. The highest BCUT2D eigenvalue weighted by Gasteiger charge is 2.25. The first-order valence-corrected chi connectivity index (χ1v) is 7.54. The van der Waals surface area contributed by atoms with Crippen molar-refractivity contribution in [1.82, 2.24) is 15.3 Å². The van der Waals surface area contributed by atoms with Crippen molar-refractivity contribution in [3.05, 3.63) is 18.2 Å². The van der Waals surface area contributed by atoms with Gasteiger partial charge in [0.2, 0.25) is 5.91 Å². The second kappa shape index (κ2) is 7.31. The maximum absolute atomic E-state index is 12.1. The molecule has 0 atom stereocenters. The van der Waals surface area contributed by atoms with Crippen LogP contribution in [0.1, 0.15) is 57.6 Å². The smallest absolute Gasteiger partial charge is 0.223 e. The molecule has 1 amide bonds. The van der Waals surface area contributed by atoms with Gasteiger partial charge >= 0.3 is 0 Å². The molecule has 1 aliphatic rings. The lowest BCUT2D eigenvalue weighted by molar-refractivity contribution is -0.126. The van der Waals surface area contributed by atoms with Crippen molar-refractivity contribution < 1.29 is 4.79 Å². The summed E-state index contributed by atoms with van der Waals surface area (Å²) in [5, 5.41) is 3.00. The van der Waals surface area contributed by atoms with Crippen molar-refractivity contribution in [3.63, 3.8) is 0 Å². The van der Waals surface area contributed by atoms with Gasteiger partial charge in [0.05, 0.1) is 18.6 Å². The van der Waals surface area contributed by atoms with Gasteiger partial charge in [-0.15, -0.1) is 0 Å². The highest BCUT2D eigenvalue weighted by atomic mass is 16.1. The predicted octanol–water partition coefficient (Wildman–Crippen LogP) is 3.02. The van der Waals surface area contributed by atoms with Crippen molar-refractivity contribution in [2.75, 3.05) is 0 Å². The fraction of sp³-hybridized carbons (Fsp3) is 0.733. The number of hydrogen-bond acceptors (Lipinski definition) is 2. The number of carbonyl (C=O) groups excluding carboxylic acids is 1. The molecule has 0 spiro atoms. The van der Waals surface area contributed by atoms with Crippen molar-refractivity contribution in [2.45, 2.75) is 58.4 Å². The summed E-state index contributed by atoms with van der Waals surface area (Å²) < 4.78 is 0. The van der Waals surface area contributed by atoms with Gasteiger partial charge < -0.3 is 10.3 Å². The first-order valence-electron chi connectivity index (χ1n) is 7.54. The van der Waals surface area contributed by atoms with E-state index in [-0.39, 0.29) is 11.8 Å². The van der Waals surface area contributed by atoms with Crippen LogP contribution in [-0.2, 0) is 11.3 Å². The largest absolute Gasteiger partial charge is 0.350 e. The third-order valence-electron chi connectivity index (χ3n) is 4.19. The Balaban J connectivity index is 1.67. The maximum atomic E-state index is 12.1. The molecule has 0 radical (unpaired) electrons. The monoisotopic (exact) mass is 263 g/mol. The Kier molecular flexibility index (Phi) is 5.43. The van der Waals surface area contributed by atoms with Crippen LogP contribution < -0.4 is 5.32 Å². The molecule has 1 aromatic heterocycles. The van der Waals surface area contributed by atoms with Crippen LogP contribution in [0.2, 0.25) is 0 Å². The van der Waals surface area contributed by atoms with Crippen molar-refractivity contribution in [3.8, 4) is 0 Å². The van der Waals surface area contributed by atoms with Crippen LogP contribution in [-0.4, -0.2) is 15.9 Å². The second-order valence-corrected chi connectivity index (χ2v) is 5.65. The lowest BCUT2D eigenvalue weighted by Crippen LogP contribution is -2.32. The molecule has 0 saturated heterocycles. The minimum absolute atomic E-state index is 0.212. The average molecular weight is 263 g/mol. The van der Waals surface area contributed by atoms with Crippen molar-refractivity contribution >= 4 is 5.91 Å². The summed E-state index contributed by atoms with van der Waals surface area (Å²) in [6, 6.07) is 0. The molecular weight excluding hydrogens is 238 g/mol. The third kappa shape index (κ3) is 4.37. The number of nitrogens with zero attached hydrogens (tertiary/aromatic N) is 1. The summed E-state index contributed by atoms with van der Waals surface area (Å²) in [6.45, 7) is 2.81. The first-order chi connectivity index (χ1) is 9.29. The summed E-state index contributed by atoms with van der Waals surface area (Å²) in [6.07, 6.45) is 11.9. The summed E-state index contributed by atoms with van der Waals surface area (Å²) in [5.41, 5.74) is 0.963.